The molecule has 0 aromatic heterocycles. The number of aliphatic hydroxyl groups is 3. The van der Waals surface area contributed by atoms with Crippen LogP contribution in [0, 0.1) is 11.8 Å². The number of aliphatic carboxylic acids is 1. The van der Waals surface area contributed by atoms with Crippen molar-refractivity contribution in [1.82, 2.24) is 0 Å². The highest BCUT2D eigenvalue weighted by Gasteiger charge is 2.39. The summed E-state index contributed by atoms with van der Waals surface area (Å²) in [5.74, 6) is -0.600. The maximum absolute atomic E-state index is 10.5. The molecule has 1 rings (SSSR count). The fourth-order valence-corrected chi connectivity index (χ4v) is 4.19. The Balaban J connectivity index is 2.38. The molecule has 1 aliphatic rings. The molecule has 0 bridgehead atoms. The molecular formula is C20H35ClO5. The maximum atomic E-state index is 10.5. The molecule has 6 atom stereocenters. The number of carboxylic acid groups (broad SMARTS) is 1. The van der Waals surface area contributed by atoms with Crippen LogP contribution >= 0.6 is 11.6 Å². The number of rotatable bonds is 13. The summed E-state index contributed by atoms with van der Waals surface area (Å²) in [5, 5.41) is 38.2. The van der Waals surface area contributed by atoms with Crippen molar-refractivity contribution in [3.8, 4) is 0 Å². The number of hydrogen-bond donors (Lipinski definition) is 4. The van der Waals surface area contributed by atoms with Crippen LogP contribution in [0.4, 0.5) is 0 Å². The van der Waals surface area contributed by atoms with Gasteiger partial charge in [-0.3, -0.25) is 4.79 Å². The molecule has 152 valence electrons. The molecule has 0 spiro atoms. The van der Waals surface area contributed by atoms with E-state index in [2.05, 4.69) is 0 Å². The van der Waals surface area contributed by atoms with Crippen molar-refractivity contribution in [2.45, 2.75) is 94.8 Å². The SMILES string of the molecule is C[C@@H](O)CCC[C@H](O)/C=C/[C@@H]1[C@@H](CCCCCCC(=O)O)[C@H](Cl)C[C@@H]1O. The first-order valence-corrected chi connectivity index (χ1v) is 10.3. The molecule has 0 aromatic rings. The van der Waals surface area contributed by atoms with Crippen molar-refractivity contribution >= 4 is 17.6 Å². The standard InChI is InChI=1S/C20H35ClO5/c1-14(22)7-6-8-15(23)11-12-17-16(18(21)13-19(17)24)9-4-2-3-5-10-20(25)26/h11-12,14-19,22-24H,2-10,13H2,1H3,(H,25,26)/b12-11+/t14-,15+,16-,17-,18-,19+/m1/s1. The summed E-state index contributed by atoms with van der Waals surface area (Å²) >= 11 is 6.42. The Morgan fingerprint density at radius 1 is 1.15 bits per heavy atom. The topological polar surface area (TPSA) is 98.0 Å². The molecule has 0 aromatic carbocycles. The number of unbranched alkanes of at least 4 members (excludes halogenated alkanes) is 3. The molecule has 5 nitrogen and oxygen atoms in total. The van der Waals surface area contributed by atoms with Gasteiger partial charge in [-0.2, -0.15) is 0 Å². The molecule has 1 aliphatic carbocycles. The highest BCUT2D eigenvalue weighted by Crippen LogP contribution is 2.40. The van der Waals surface area contributed by atoms with Crippen molar-refractivity contribution < 1.29 is 25.2 Å². The van der Waals surface area contributed by atoms with Gasteiger partial charge in [0, 0.05) is 17.7 Å². The lowest BCUT2D eigenvalue weighted by atomic mass is 9.88. The third-order valence-corrected chi connectivity index (χ3v) is 5.73. The lowest BCUT2D eigenvalue weighted by Crippen LogP contribution is -2.19. The zero-order valence-electron chi connectivity index (χ0n) is 15.8. The van der Waals surface area contributed by atoms with E-state index in [4.69, 9.17) is 16.7 Å². The van der Waals surface area contributed by atoms with Gasteiger partial charge in [0.15, 0.2) is 0 Å². The van der Waals surface area contributed by atoms with Gasteiger partial charge in [-0.25, -0.2) is 0 Å². The largest absolute Gasteiger partial charge is 0.481 e. The number of carbonyl (C=O) groups is 1. The molecule has 6 heteroatoms. The van der Waals surface area contributed by atoms with Crippen LogP contribution in [0.2, 0.25) is 0 Å². The van der Waals surface area contributed by atoms with Gasteiger partial charge in [0.25, 0.3) is 0 Å². The number of aliphatic hydroxyl groups excluding tert-OH is 3. The van der Waals surface area contributed by atoms with Gasteiger partial charge < -0.3 is 20.4 Å². The highest BCUT2D eigenvalue weighted by atomic mass is 35.5. The molecule has 4 N–H and O–H groups in total. The fourth-order valence-electron chi connectivity index (χ4n) is 3.72. The van der Waals surface area contributed by atoms with Crippen LogP contribution in [0.1, 0.15) is 71.1 Å². The molecule has 26 heavy (non-hydrogen) atoms. The van der Waals surface area contributed by atoms with E-state index in [0.29, 0.717) is 25.7 Å². The Bertz CT molecular complexity index is 426. The summed E-state index contributed by atoms with van der Waals surface area (Å²) < 4.78 is 0. The lowest BCUT2D eigenvalue weighted by Gasteiger charge is -2.21. The Labute approximate surface area is 162 Å². The first-order chi connectivity index (χ1) is 12.3. The maximum Gasteiger partial charge on any atom is 0.303 e. The Hall–Kier alpha value is -0.620. The van der Waals surface area contributed by atoms with Gasteiger partial charge in [0.2, 0.25) is 0 Å². The Morgan fingerprint density at radius 2 is 1.85 bits per heavy atom. The first-order valence-electron chi connectivity index (χ1n) is 9.89. The zero-order chi connectivity index (χ0) is 19.5. The van der Waals surface area contributed by atoms with E-state index in [9.17, 15) is 20.1 Å². The highest BCUT2D eigenvalue weighted by molar-refractivity contribution is 6.21. The van der Waals surface area contributed by atoms with E-state index in [1.165, 1.54) is 0 Å². The summed E-state index contributed by atoms with van der Waals surface area (Å²) in [6.45, 7) is 1.74. The average molecular weight is 391 g/mol. The van der Waals surface area contributed by atoms with E-state index in [0.717, 1.165) is 32.1 Å². The van der Waals surface area contributed by atoms with Gasteiger partial charge >= 0.3 is 5.97 Å². The van der Waals surface area contributed by atoms with E-state index >= 15 is 0 Å². The Kier molecular flexibility index (Phi) is 11.4. The van der Waals surface area contributed by atoms with Gasteiger partial charge in [-0.05, 0) is 51.4 Å². The van der Waals surface area contributed by atoms with Crippen LogP contribution in [0.25, 0.3) is 0 Å². The predicted molar refractivity (Wildman–Crippen MR) is 103 cm³/mol. The fraction of sp³-hybridized carbons (Fsp3) is 0.850. The van der Waals surface area contributed by atoms with E-state index in [1.54, 1.807) is 13.0 Å². The first kappa shape index (κ1) is 23.4. The van der Waals surface area contributed by atoms with Crippen molar-refractivity contribution in [3.63, 3.8) is 0 Å². The number of hydrogen-bond acceptors (Lipinski definition) is 4. The van der Waals surface area contributed by atoms with Crippen molar-refractivity contribution in [2.24, 2.45) is 11.8 Å². The minimum absolute atomic E-state index is 0.0389. The monoisotopic (exact) mass is 390 g/mol. The van der Waals surface area contributed by atoms with Crippen LogP contribution in [-0.2, 0) is 4.79 Å². The van der Waals surface area contributed by atoms with Crippen LogP contribution in [-0.4, -0.2) is 50.1 Å². The Morgan fingerprint density at radius 3 is 2.50 bits per heavy atom. The summed E-state index contributed by atoms with van der Waals surface area (Å²) in [6, 6.07) is 0. The molecular weight excluding hydrogens is 356 g/mol. The third-order valence-electron chi connectivity index (χ3n) is 5.23. The molecule has 0 radical (unpaired) electrons. The molecule has 0 heterocycles. The van der Waals surface area contributed by atoms with Gasteiger partial charge in [-0.15, -0.1) is 11.6 Å². The van der Waals surface area contributed by atoms with E-state index in [-0.39, 0.29) is 29.7 Å². The lowest BCUT2D eigenvalue weighted by molar-refractivity contribution is -0.137. The summed E-state index contributed by atoms with van der Waals surface area (Å²) in [6.07, 6.45) is 9.56. The van der Waals surface area contributed by atoms with Crippen molar-refractivity contribution in [1.29, 1.82) is 0 Å². The normalized spacial score (nSPS) is 28.5. The second-order valence-electron chi connectivity index (χ2n) is 7.64. The van der Waals surface area contributed by atoms with Crippen molar-refractivity contribution in [2.75, 3.05) is 0 Å². The average Bonchev–Trinajstić information content (AvgIpc) is 2.81. The zero-order valence-corrected chi connectivity index (χ0v) is 16.5. The smallest absolute Gasteiger partial charge is 0.303 e. The summed E-state index contributed by atoms with van der Waals surface area (Å²) in [7, 11) is 0. The third kappa shape index (κ3) is 9.36. The van der Waals surface area contributed by atoms with Crippen LogP contribution in [0.5, 0.6) is 0 Å². The number of carboxylic acids is 1. The van der Waals surface area contributed by atoms with Gasteiger partial charge in [0.1, 0.15) is 0 Å². The predicted octanol–water partition coefficient (Wildman–Crippen LogP) is 3.48. The molecule has 1 fully saturated rings. The quantitative estimate of drug-likeness (QED) is 0.219. The summed E-state index contributed by atoms with van der Waals surface area (Å²) in [4.78, 5) is 10.5. The molecule has 0 aliphatic heterocycles. The minimum Gasteiger partial charge on any atom is -0.481 e. The molecule has 0 unspecified atom stereocenters. The second kappa shape index (κ2) is 12.7. The number of alkyl halides is 1. The van der Waals surface area contributed by atoms with Crippen LogP contribution in [0.3, 0.4) is 0 Å². The van der Waals surface area contributed by atoms with E-state index in [1.807, 2.05) is 6.08 Å². The minimum atomic E-state index is -0.748. The van der Waals surface area contributed by atoms with Gasteiger partial charge in [0.05, 0.1) is 18.3 Å². The van der Waals surface area contributed by atoms with Crippen LogP contribution in [0.15, 0.2) is 12.2 Å². The van der Waals surface area contributed by atoms with Gasteiger partial charge in [-0.1, -0.05) is 31.4 Å². The second-order valence-corrected chi connectivity index (χ2v) is 8.20. The summed E-state index contributed by atoms with van der Waals surface area (Å²) in [5.41, 5.74) is 0. The van der Waals surface area contributed by atoms with Crippen molar-refractivity contribution in [3.05, 3.63) is 12.2 Å². The molecule has 0 saturated heterocycles. The molecule has 1 saturated carbocycles. The molecule has 0 amide bonds. The van der Waals surface area contributed by atoms with E-state index < -0.39 is 18.2 Å². The van der Waals surface area contributed by atoms with Crippen LogP contribution < -0.4 is 0 Å². The number of halogens is 1.